The Balaban J connectivity index is 1.95. The summed E-state index contributed by atoms with van der Waals surface area (Å²) >= 11 is 0. The van der Waals surface area contributed by atoms with Gasteiger partial charge in [0.15, 0.2) is 11.5 Å². The molecule has 3 aromatic rings. The van der Waals surface area contributed by atoms with E-state index < -0.39 is 17.7 Å². The van der Waals surface area contributed by atoms with Crippen LogP contribution in [0.1, 0.15) is 54.6 Å². The molecule has 0 aromatic heterocycles. The van der Waals surface area contributed by atoms with E-state index in [0.717, 1.165) is 16.7 Å². The van der Waals surface area contributed by atoms with Crippen LogP contribution in [0.2, 0.25) is 0 Å². The molecule has 0 spiro atoms. The molecular formula is C32H35NO6. The van der Waals surface area contributed by atoms with Crippen LogP contribution in [0.5, 0.6) is 17.2 Å². The van der Waals surface area contributed by atoms with Crippen molar-refractivity contribution in [2.45, 2.75) is 53.7 Å². The first-order valence-electron chi connectivity index (χ1n) is 13.0. The quantitative estimate of drug-likeness (QED) is 0.206. The first-order valence-corrected chi connectivity index (χ1v) is 13.0. The van der Waals surface area contributed by atoms with E-state index in [-0.39, 0.29) is 17.4 Å². The molecule has 1 atom stereocenters. The lowest BCUT2D eigenvalue weighted by molar-refractivity contribution is -0.132. The summed E-state index contributed by atoms with van der Waals surface area (Å²) in [7, 11) is 1.55. The van der Waals surface area contributed by atoms with E-state index in [1.165, 1.54) is 4.90 Å². The number of amides is 1. The van der Waals surface area contributed by atoms with Gasteiger partial charge in [0.05, 0.1) is 31.4 Å². The van der Waals surface area contributed by atoms with Crippen molar-refractivity contribution in [3.63, 3.8) is 0 Å². The predicted octanol–water partition coefficient (Wildman–Crippen LogP) is 6.43. The second-order valence-corrected chi connectivity index (χ2v) is 10.0. The summed E-state index contributed by atoms with van der Waals surface area (Å²) in [5.74, 6) is -0.0271. The number of ketones is 1. The molecule has 0 aliphatic carbocycles. The molecule has 0 saturated carbocycles. The lowest BCUT2D eigenvalue weighted by Gasteiger charge is -2.27. The second kappa shape index (κ2) is 11.2. The number of rotatable bonds is 8. The van der Waals surface area contributed by atoms with Crippen molar-refractivity contribution >= 4 is 23.1 Å². The molecule has 0 bridgehead atoms. The fourth-order valence-electron chi connectivity index (χ4n) is 4.97. The lowest BCUT2D eigenvalue weighted by atomic mass is 9.94. The molecule has 1 N–H and O–H groups in total. The van der Waals surface area contributed by atoms with Crippen LogP contribution in [0.25, 0.3) is 5.76 Å². The zero-order chi connectivity index (χ0) is 28.4. The molecule has 1 heterocycles. The molecule has 1 aliphatic rings. The van der Waals surface area contributed by atoms with E-state index in [9.17, 15) is 14.7 Å². The van der Waals surface area contributed by atoms with Crippen LogP contribution in [0.4, 0.5) is 5.69 Å². The van der Waals surface area contributed by atoms with Crippen molar-refractivity contribution < 1.29 is 28.9 Å². The number of ether oxygens (including phenoxy) is 3. The van der Waals surface area contributed by atoms with Crippen molar-refractivity contribution in [1.29, 1.82) is 0 Å². The van der Waals surface area contributed by atoms with Gasteiger partial charge in [0, 0.05) is 11.3 Å². The van der Waals surface area contributed by atoms with Gasteiger partial charge in [-0.05, 0) is 106 Å². The summed E-state index contributed by atoms with van der Waals surface area (Å²) in [4.78, 5) is 28.6. The van der Waals surface area contributed by atoms with E-state index in [2.05, 4.69) is 0 Å². The number of anilines is 1. The third-order valence-corrected chi connectivity index (χ3v) is 6.54. The first-order chi connectivity index (χ1) is 18.5. The number of benzene rings is 3. The van der Waals surface area contributed by atoms with E-state index in [1.807, 2.05) is 59.7 Å². The summed E-state index contributed by atoms with van der Waals surface area (Å²) in [5, 5.41) is 11.6. The highest BCUT2D eigenvalue weighted by Crippen LogP contribution is 2.44. The summed E-state index contributed by atoms with van der Waals surface area (Å²) in [5.41, 5.74) is 4.31. The Morgan fingerprint density at radius 2 is 1.59 bits per heavy atom. The number of Topliss-reactive ketones (excluding diaryl/α,β-unsaturated/α-hetero) is 1. The van der Waals surface area contributed by atoms with Crippen LogP contribution in [0.3, 0.4) is 0 Å². The summed E-state index contributed by atoms with van der Waals surface area (Å²) in [6, 6.07) is 15.3. The normalized spacial score (nSPS) is 16.6. The largest absolute Gasteiger partial charge is 0.507 e. The van der Waals surface area contributed by atoms with Crippen molar-refractivity contribution in [1.82, 2.24) is 0 Å². The van der Waals surface area contributed by atoms with E-state index >= 15 is 0 Å². The number of aliphatic hydroxyl groups is 1. The van der Waals surface area contributed by atoms with Crippen LogP contribution in [-0.4, -0.2) is 36.6 Å². The lowest BCUT2D eigenvalue weighted by Crippen LogP contribution is -2.29. The zero-order valence-corrected chi connectivity index (χ0v) is 23.5. The van der Waals surface area contributed by atoms with Gasteiger partial charge < -0.3 is 19.3 Å². The highest BCUT2D eigenvalue weighted by molar-refractivity contribution is 6.51. The molecule has 39 heavy (non-hydrogen) atoms. The Morgan fingerprint density at radius 1 is 0.923 bits per heavy atom. The SMILES string of the molecule is CCOc1cc(C2/C(=C(/O)c3ccc(OC(C)C)c(C)c3)C(=O)C(=O)N2c2cc(C)cc(C)c2)ccc1OC. The fourth-order valence-corrected chi connectivity index (χ4v) is 4.97. The van der Waals surface area contributed by atoms with Gasteiger partial charge in [-0.2, -0.15) is 0 Å². The molecule has 7 heteroatoms. The number of aryl methyl sites for hydroxylation is 3. The number of methoxy groups -OCH3 is 1. The standard InChI is InChI=1S/C32H35NO6/c1-8-38-27-17-22(9-12-26(27)37-7)29-28(30(34)23-10-11-25(21(6)16-23)39-18(2)3)31(35)32(36)33(29)24-14-19(4)13-20(5)15-24/h9-18,29,34H,8H2,1-7H3/b30-28-. The monoisotopic (exact) mass is 529 g/mol. The molecule has 204 valence electrons. The molecule has 1 saturated heterocycles. The fraction of sp³-hybridized carbons (Fsp3) is 0.312. The Kier molecular flexibility index (Phi) is 8.00. The topological polar surface area (TPSA) is 85.3 Å². The van der Waals surface area contributed by atoms with E-state index in [4.69, 9.17) is 14.2 Å². The number of aliphatic hydroxyl groups excluding tert-OH is 1. The Morgan fingerprint density at radius 3 is 2.18 bits per heavy atom. The maximum atomic E-state index is 13.6. The van der Waals surface area contributed by atoms with Crippen LogP contribution in [0, 0.1) is 20.8 Å². The number of carbonyl (C=O) groups excluding carboxylic acids is 2. The third-order valence-electron chi connectivity index (χ3n) is 6.54. The molecule has 0 radical (unpaired) electrons. The van der Waals surface area contributed by atoms with Crippen LogP contribution in [0.15, 0.2) is 60.2 Å². The van der Waals surface area contributed by atoms with Gasteiger partial charge in [-0.1, -0.05) is 12.1 Å². The second-order valence-electron chi connectivity index (χ2n) is 10.0. The van der Waals surface area contributed by atoms with E-state index in [0.29, 0.717) is 40.7 Å². The van der Waals surface area contributed by atoms with Gasteiger partial charge in [0.1, 0.15) is 11.5 Å². The molecule has 1 amide bonds. The van der Waals surface area contributed by atoms with Crippen molar-refractivity contribution in [2.24, 2.45) is 0 Å². The van der Waals surface area contributed by atoms with Crippen molar-refractivity contribution in [2.75, 3.05) is 18.6 Å². The van der Waals surface area contributed by atoms with Crippen molar-refractivity contribution in [3.05, 3.63) is 88.0 Å². The molecule has 1 fully saturated rings. The summed E-state index contributed by atoms with van der Waals surface area (Å²) in [6.45, 7) is 11.9. The van der Waals surface area contributed by atoms with Gasteiger partial charge >= 0.3 is 0 Å². The molecule has 7 nitrogen and oxygen atoms in total. The maximum Gasteiger partial charge on any atom is 0.300 e. The minimum atomic E-state index is -0.886. The smallest absolute Gasteiger partial charge is 0.300 e. The summed E-state index contributed by atoms with van der Waals surface area (Å²) in [6.07, 6.45) is -0.0131. The average Bonchev–Trinajstić information content (AvgIpc) is 3.14. The van der Waals surface area contributed by atoms with E-state index in [1.54, 1.807) is 43.5 Å². The first kappa shape index (κ1) is 27.8. The molecule has 1 aliphatic heterocycles. The average molecular weight is 530 g/mol. The Bertz CT molecular complexity index is 1430. The van der Waals surface area contributed by atoms with Crippen LogP contribution >= 0.6 is 0 Å². The number of carbonyl (C=O) groups is 2. The molecular weight excluding hydrogens is 494 g/mol. The Hall–Kier alpha value is -4.26. The van der Waals surface area contributed by atoms with Gasteiger partial charge in [0.2, 0.25) is 0 Å². The number of nitrogens with zero attached hydrogens (tertiary/aromatic N) is 1. The molecule has 1 unspecified atom stereocenters. The highest BCUT2D eigenvalue weighted by atomic mass is 16.5. The maximum absolute atomic E-state index is 13.6. The van der Waals surface area contributed by atoms with Gasteiger partial charge in [-0.15, -0.1) is 0 Å². The minimum Gasteiger partial charge on any atom is -0.507 e. The van der Waals surface area contributed by atoms with Gasteiger partial charge in [-0.25, -0.2) is 0 Å². The zero-order valence-electron chi connectivity index (χ0n) is 23.5. The number of hydrogen-bond acceptors (Lipinski definition) is 6. The van der Waals surface area contributed by atoms with Gasteiger partial charge in [0.25, 0.3) is 11.7 Å². The van der Waals surface area contributed by atoms with Crippen LogP contribution < -0.4 is 19.1 Å². The highest BCUT2D eigenvalue weighted by Gasteiger charge is 2.47. The summed E-state index contributed by atoms with van der Waals surface area (Å²) < 4.78 is 17.1. The third kappa shape index (κ3) is 5.48. The van der Waals surface area contributed by atoms with Gasteiger partial charge in [-0.3, -0.25) is 14.5 Å². The molecule has 4 rings (SSSR count). The van der Waals surface area contributed by atoms with Crippen LogP contribution in [-0.2, 0) is 9.59 Å². The minimum absolute atomic E-state index is 0.00343. The number of hydrogen-bond donors (Lipinski definition) is 1. The predicted molar refractivity (Wildman–Crippen MR) is 152 cm³/mol. The van der Waals surface area contributed by atoms with Crippen molar-refractivity contribution in [3.8, 4) is 17.2 Å². The molecule has 3 aromatic carbocycles. The Labute approximate surface area is 229 Å².